The van der Waals surface area contributed by atoms with Crippen LogP contribution in [0.25, 0.3) is 10.9 Å². The van der Waals surface area contributed by atoms with Gasteiger partial charge in [0.25, 0.3) is 5.56 Å². The number of H-pyrrole nitrogens is 1. The SMILES string of the molecule is Cc1ccc2[nH]c(=O)c(C=NNC(=S)Nc3ccccc3)c(O)c2c1. The summed E-state index contributed by atoms with van der Waals surface area (Å²) in [5, 5.41) is 18.1. The van der Waals surface area contributed by atoms with Crippen LogP contribution in [0.15, 0.2) is 58.4 Å². The number of fused-ring (bicyclic) bond motifs is 1. The molecule has 0 amide bonds. The highest BCUT2D eigenvalue weighted by atomic mass is 32.1. The summed E-state index contributed by atoms with van der Waals surface area (Å²) in [5.41, 5.74) is 4.61. The van der Waals surface area contributed by atoms with Crippen molar-refractivity contribution in [3.8, 4) is 5.75 Å². The highest BCUT2D eigenvalue weighted by Gasteiger charge is 2.10. The number of pyridine rings is 1. The molecule has 0 saturated heterocycles. The first-order valence-electron chi connectivity index (χ1n) is 7.55. The average molecular weight is 352 g/mol. The number of hydrogen-bond donors (Lipinski definition) is 4. The van der Waals surface area contributed by atoms with E-state index >= 15 is 0 Å². The lowest BCUT2D eigenvalue weighted by Crippen LogP contribution is -2.24. The fraction of sp³-hybridized carbons (Fsp3) is 0.0556. The van der Waals surface area contributed by atoms with E-state index in [2.05, 4.69) is 20.8 Å². The van der Waals surface area contributed by atoms with E-state index in [4.69, 9.17) is 12.2 Å². The molecule has 126 valence electrons. The normalized spacial score (nSPS) is 10.9. The summed E-state index contributed by atoms with van der Waals surface area (Å²) < 4.78 is 0. The van der Waals surface area contributed by atoms with Crippen LogP contribution in [0.1, 0.15) is 11.1 Å². The Balaban J connectivity index is 1.79. The molecule has 1 heterocycles. The van der Waals surface area contributed by atoms with Crippen molar-refractivity contribution >= 4 is 40.1 Å². The van der Waals surface area contributed by atoms with Crippen molar-refractivity contribution in [2.75, 3.05) is 5.32 Å². The number of anilines is 1. The summed E-state index contributed by atoms with van der Waals surface area (Å²) in [5.74, 6) is -0.116. The molecular weight excluding hydrogens is 336 g/mol. The van der Waals surface area contributed by atoms with Gasteiger partial charge in [0.15, 0.2) is 5.11 Å². The molecule has 0 aliphatic rings. The van der Waals surface area contributed by atoms with Crippen LogP contribution in [-0.4, -0.2) is 21.4 Å². The zero-order valence-corrected chi connectivity index (χ0v) is 14.2. The van der Waals surface area contributed by atoms with E-state index in [-0.39, 0.29) is 16.4 Å². The molecule has 0 aliphatic heterocycles. The predicted octanol–water partition coefficient (Wildman–Crippen LogP) is 2.86. The summed E-state index contributed by atoms with van der Waals surface area (Å²) in [4.78, 5) is 14.8. The van der Waals surface area contributed by atoms with Crippen molar-refractivity contribution in [2.45, 2.75) is 6.92 Å². The Hall–Kier alpha value is -3.19. The Labute approximate surface area is 149 Å². The number of aromatic nitrogens is 1. The Morgan fingerprint density at radius 2 is 2.00 bits per heavy atom. The molecule has 25 heavy (non-hydrogen) atoms. The minimum absolute atomic E-state index is 0.0631. The molecule has 4 N–H and O–H groups in total. The zero-order valence-electron chi connectivity index (χ0n) is 13.4. The van der Waals surface area contributed by atoms with Crippen LogP contribution in [0, 0.1) is 6.92 Å². The molecule has 0 bridgehead atoms. The lowest BCUT2D eigenvalue weighted by Gasteiger charge is -2.07. The van der Waals surface area contributed by atoms with Crippen molar-refractivity contribution in [1.82, 2.24) is 10.4 Å². The lowest BCUT2D eigenvalue weighted by molar-refractivity contribution is 0.479. The van der Waals surface area contributed by atoms with Crippen LogP contribution in [0.4, 0.5) is 5.69 Å². The van der Waals surface area contributed by atoms with Crippen LogP contribution in [-0.2, 0) is 0 Å². The summed E-state index contributed by atoms with van der Waals surface area (Å²) in [7, 11) is 0. The quantitative estimate of drug-likeness (QED) is 0.331. The van der Waals surface area contributed by atoms with Gasteiger partial charge in [0.2, 0.25) is 0 Å². The van der Waals surface area contributed by atoms with Gasteiger partial charge in [0.1, 0.15) is 11.3 Å². The van der Waals surface area contributed by atoms with Gasteiger partial charge in [-0.25, -0.2) is 0 Å². The molecule has 3 rings (SSSR count). The van der Waals surface area contributed by atoms with E-state index in [1.807, 2.05) is 43.3 Å². The highest BCUT2D eigenvalue weighted by Crippen LogP contribution is 2.24. The molecule has 2 aromatic carbocycles. The number of para-hydroxylation sites is 1. The third kappa shape index (κ3) is 3.84. The number of aryl methyl sites for hydroxylation is 1. The second kappa shape index (κ2) is 7.14. The van der Waals surface area contributed by atoms with Crippen LogP contribution in [0.3, 0.4) is 0 Å². The summed E-state index contributed by atoms with van der Waals surface area (Å²) in [6.45, 7) is 1.91. The Morgan fingerprint density at radius 3 is 2.76 bits per heavy atom. The van der Waals surface area contributed by atoms with Crippen LogP contribution < -0.4 is 16.3 Å². The molecular formula is C18H16N4O2S. The van der Waals surface area contributed by atoms with E-state index in [9.17, 15) is 9.90 Å². The number of hydrazone groups is 1. The monoisotopic (exact) mass is 352 g/mol. The third-order valence-corrected chi connectivity index (χ3v) is 3.76. The number of benzene rings is 2. The molecule has 0 radical (unpaired) electrons. The number of aromatic hydroxyl groups is 1. The van der Waals surface area contributed by atoms with Gasteiger partial charge < -0.3 is 15.4 Å². The molecule has 0 atom stereocenters. The van der Waals surface area contributed by atoms with Crippen molar-refractivity contribution in [3.63, 3.8) is 0 Å². The Bertz CT molecular complexity index is 1010. The molecule has 1 aromatic heterocycles. The molecule has 0 fully saturated rings. The second-order valence-electron chi connectivity index (χ2n) is 5.46. The van der Waals surface area contributed by atoms with Gasteiger partial charge in [-0.15, -0.1) is 0 Å². The maximum Gasteiger partial charge on any atom is 0.261 e. The van der Waals surface area contributed by atoms with Crippen LogP contribution in [0.2, 0.25) is 0 Å². The van der Waals surface area contributed by atoms with Crippen molar-refractivity contribution < 1.29 is 5.11 Å². The first kappa shape index (κ1) is 16.7. The topological polar surface area (TPSA) is 89.5 Å². The smallest absolute Gasteiger partial charge is 0.261 e. The molecule has 0 spiro atoms. The maximum absolute atomic E-state index is 12.1. The highest BCUT2D eigenvalue weighted by molar-refractivity contribution is 7.80. The largest absolute Gasteiger partial charge is 0.506 e. The van der Waals surface area contributed by atoms with E-state index in [1.54, 1.807) is 12.1 Å². The Kier molecular flexibility index (Phi) is 4.76. The first-order valence-corrected chi connectivity index (χ1v) is 7.96. The van der Waals surface area contributed by atoms with Gasteiger partial charge in [-0.3, -0.25) is 10.2 Å². The number of rotatable bonds is 3. The van der Waals surface area contributed by atoms with Gasteiger partial charge in [0, 0.05) is 11.1 Å². The lowest BCUT2D eigenvalue weighted by atomic mass is 10.1. The van der Waals surface area contributed by atoms with Crippen LogP contribution >= 0.6 is 12.2 Å². The van der Waals surface area contributed by atoms with Crippen molar-refractivity contribution in [3.05, 3.63) is 70.0 Å². The van der Waals surface area contributed by atoms with E-state index in [0.29, 0.717) is 10.9 Å². The molecule has 7 heteroatoms. The average Bonchev–Trinajstić information content (AvgIpc) is 2.59. The number of nitrogens with zero attached hydrogens (tertiary/aromatic N) is 1. The van der Waals surface area contributed by atoms with E-state index in [1.165, 1.54) is 6.21 Å². The molecule has 0 aliphatic carbocycles. The number of aromatic amines is 1. The van der Waals surface area contributed by atoms with Gasteiger partial charge >= 0.3 is 0 Å². The summed E-state index contributed by atoms with van der Waals surface area (Å²) >= 11 is 5.13. The van der Waals surface area contributed by atoms with Gasteiger partial charge in [-0.2, -0.15) is 5.10 Å². The number of thiocarbonyl (C=S) groups is 1. The zero-order chi connectivity index (χ0) is 17.8. The van der Waals surface area contributed by atoms with E-state index in [0.717, 1.165) is 11.3 Å². The minimum Gasteiger partial charge on any atom is -0.506 e. The maximum atomic E-state index is 12.1. The minimum atomic E-state index is -0.429. The van der Waals surface area contributed by atoms with E-state index < -0.39 is 5.56 Å². The van der Waals surface area contributed by atoms with Gasteiger partial charge in [-0.1, -0.05) is 29.8 Å². The molecule has 0 saturated carbocycles. The predicted molar refractivity (Wildman–Crippen MR) is 104 cm³/mol. The van der Waals surface area contributed by atoms with Crippen LogP contribution in [0.5, 0.6) is 5.75 Å². The first-order chi connectivity index (χ1) is 12.0. The van der Waals surface area contributed by atoms with Crippen molar-refractivity contribution in [2.24, 2.45) is 5.10 Å². The molecule has 6 nitrogen and oxygen atoms in total. The molecule has 0 unspecified atom stereocenters. The summed E-state index contributed by atoms with van der Waals surface area (Å²) in [6, 6.07) is 14.8. The van der Waals surface area contributed by atoms with Crippen molar-refractivity contribution in [1.29, 1.82) is 0 Å². The summed E-state index contributed by atoms with van der Waals surface area (Å²) in [6.07, 6.45) is 1.24. The fourth-order valence-corrected chi connectivity index (χ4v) is 2.53. The van der Waals surface area contributed by atoms with Gasteiger partial charge in [-0.05, 0) is 43.4 Å². The fourth-order valence-electron chi connectivity index (χ4n) is 2.36. The standard InChI is InChI=1S/C18H16N4O2S/c1-11-7-8-15-13(9-11)16(23)14(17(24)21-15)10-19-22-18(25)20-12-5-3-2-4-6-12/h2-10H,1H3,(H2,20,22,25)(H2,21,23,24). The number of nitrogens with one attached hydrogen (secondary N) is 3. The number of hydrogen-bond acceptors (Lipinski definition) is 4. The third-order valence-electron chi connectivity index (χ3n) is 3.57. The molecule has 3 aromatic rings. The van der Waals surface area contributed by atoms with Gasteiger partial charge in [0.05, 0.1) is 11.7 Å². The Morgan fingerprint density at radius 1 is 1.24 bits per heavy atom. The second-order valence-corrected chi connectivity index (χ2v) is 5.86.